The van der Waals surface area contributed by atoms with E-state index < -0.39 is 0 Å². The standard InChI is InChI=1S/C15H21NO/c1-11-7-8-16-13(9-11)10-15(17)14-6-4-3-5-12(14)2/h3-6,11,13,16H,7-10H2,1-2H3. The number of rotatable bonds is 3. The third-order valence-corrected chi connectivity index (χ3v) is 3.63. The van der Waals surface area contributed by atoms with E-state index in [1.54, 1.807) is 0 Å². The maximum atomic E-state index is 12.2. The van der Waals surface area contributed by atoms with Gasteiger partial charge < -0.3 is 5.32 Å². The first-order valence-electron chi connectivity index (χ1n) is 6.49. The lowest BCUT2D eigenvalue weighted by Crippen LogP contribution is -2.38. The minimum Gasteiger partial charge on any atom is -0.314 e. The number of hydrogen-bond donors (Lipinski definition) is 1. The normalized spacial score (nSPS) is 24.6. The van der Waals surface area contributed by atoms with Crippen LogP contribution < -0.4 is 5.32 Å². The van der Waals surface area contributed by atoms with Gasteiger partial charge in [0.1, 0.15) is 0 Å². The molecule has 2 unspecified atom stereocenters. The number of carbonyl (C=O) groups excluding carboxylic acids is 1. The number of aryl methyl sites for hydroxylation is 1. The van der Waals surface area contributed by atoms with E-state index in [0.29, 0.717) is 12.5 Å². The highest BCUT2D eigenvalue weighted by Crippen LogP contribution is 2.19. The van der Waals surface area contributed by atoms with E-state index in [-0.39, 0.29) is 5.78 Å². The van der Waals surface area contributed by atoms with Crippen molar-refractivity contribution in [3.63, 3.8) is 0 Å². The second-order valence-corrected chi connectivity index (χ2v) is 5.22. The van der Waals surface area contributed by atoms with Crippen LogP contribution >= 0.6 is 0 Å². The molecule has 0 spiro atoms. The highest BCUT2D eigenvalue weighted by molar-refractivity contribution is 5.97. The van der Waals surface area contributed by atoms with Gasteiger partial charge in [0, 0.05) is 18.0 Å². The summed E-state index contributed by atoms with van der Waals surface area (Å²) < 4.78 is 0. The van der Waals surface area contributed by atoms with E-state index in [1.165, 1.54) is 6.42 Å². The van der Waals surface area contributed by atoms with Gasteiger partial charge in [0.2, 0.25) is 0 Å². The van der Waals surface area contributed by atoms with Crippen molar-refractivity contribution in [1.29, 1.82) is 0 Å². The van der Waals surface area contributed by atoms with Crippen LogP contribution in [0.4, 0.5) is 0 Å². The fourth-order valence-electron chi connectivity index (χ4n) is 2.60. The number of ketones is 1. The summed E-state index contributed by atoms with van der Waals surface area (Å²) >= 11 is 0. The molecule has 0 saturated carbocycles. The molecule has 92 valence electrons. The molecular weight excluding hydrogens is 210 g/mol. The molecule has 0 aliphatic carbocycles. The predicted octanol–water partition coefficient (Wildman–Crippen LogP) is 2.96. The second-order valence-electron chi connectivity index (χ2n) is 5.22. The first-order valence-corrected chi connectivity index (χ1v) is 6.49. The van der Waals surface area contributed by atoms with Gasteiger partial charge in [-0.05, 0) is 37.8 Å². The molecule has 0 radical (unpaired) electrons. The van der Waals surface area contributed by atoms with Crippen molar-refractivity contribution in [3.8, 4) is 0 Å². The monoisotopic (exact) mass is 231 g/mol. The van der Waals surface area contributed by atoms with Gasteiger partial charge in [0.15, 0.2) is 5.78 Å². The first kappa shape index (κ1) is 12.3. The van der Waals surface area contributed by atoms with Gasteiger partial charge in [0.25, 0.3) is 0 Å². The summed E-state index contributed by atoms with van der Waals surface area (Å²) in [5, 5.41) is 3.45. The smallest absolute Gasteiger partial charge is 0.164 e. The maximum absolute atomic E-state index is 12.2. The fraction of sp³-hybridized carbons (Fsp3) is 0.533. The molecule has 0 aromatic heterocycles. The van der Waals surface area contributed by atoms with Gasteiger partial charge in [-0.2, -0.15) is 0 Å². The summed E-state index contributed by atoms with van der Waals surface area (Å²) in [4.78, 5) is 12.2. The van der Waals surface area contributed by atoms with Crippen molar-refractivity contribution in [3.05, 3.63) is 35.4 Å². The second kappa shape index (κ2) is 5.46. The molecule has 2 atom stereocenters. The van der Waals surface area contributed by atoms with E-state index in [2.05, 4.69) is 12.2 Å². The third kappa shape index (κ3) is 3.16. The number of benzene rings is 1. The van der Waals surface area contributed by atoms with Crippen LogP contribution in [0.15, 0.2) is 24.3 Å². The summed E-state index contributed by atoms with van der Waals surface area (Å²) in [5.41, 5.74) is 1.97. The third-order valence-electron chi connectivity index (χ3n) is 3.63. The summed E-state index contributed by atoms with van der Waals surface area (Å²) in [7, 11) is 0. The van der Waals surface area contributed by atoms with E-state index in [0.717, 1.165) is 30.0 Å². The number of carbonyl (C=O) groups is 1. The van der Waals surface area contributed by atoms with Gasteiger partial charge in [-0.15, -0.1) is 0 Å². The molecule has 2 nitrogen and oxygen atoms in total. The maximum Gasteiger partial charge on any atom is 0.164 e. The van der Waals surface area contributed by atoms with Gasteiger partial charge >= 0.3 is 0 Å². The molecule has 1 N–H and O–H groups in total. The molecule has 17 heavy (non-hydrogen) atoms. The van der Waals surface area contributed by atoms with E-state index in [4.69, 9.17) is 0 Å². The number of piperidine rings is 1. The van der Waals surface area contributed by atoms with Crippen LogP contribution in [0.5, 0.6) is 0 Å². The molecular formula is C15H21NO. The summed E-state index contributed by atoms with van der Waals surface area (Å²) in [6.07, 6.45) is 2.99. The summed E-state index contributed by atoms with van der Waals surface area (Å²) in [6, 6.07) is 8.23. The first-order chi connectivity index (χ1) is 8.16. The van der Waals surface area contributed by atoms with Crippen LogP contribution in [0.3, 0.4) is 0 Å². The van der Waals surface area contributed by atoms with E-state index >= 15 is 0 Å². The predicted molar refractivity (Wildman–Crippen MR) is 70.3 cm³/mol. The lowest BCUT2D eigenvalue weighted by molar-refractivity contribution is 0.0958. The van der Waals surface area contributed by atoms with Crippen molar-refractivity contribution < 1.29 is 4.79 Å². The Morgan fingerprint density at radius 1 is 1.41 bits per heavy atom. The molecule has 2 rings (SSSR count). The topological polar surface area (TPSA) is 29.1 Å². The average Bonchev–Trinajstić information content (AvgIpc) is 2.29. The van der Waals surface area contributed by atoms with Crippen molar-refractivity contribution in [2.75, 3.05) is 6.54 Å². The highest BCUT2D eigenvalue weighted by Gasteiger charge is 2.21. The Kier molecular flexibility index (Phi) is 3.95. The lowest BCUT2D eigenvalue weighted by atomic mass is 9.90. The molecule has 0 amide bonds. The Labute approximate surface area is 103 Å². The zero-order valence-corrected chi connectivity index (χ0v) is 10.7. The Hall–Kier alpha value is -1.15. The minimum atomic E-state index is 0.273. The van der Waals surface area contributed by atoms with Crippen LogP contribution in [0.25, 0.3) is 0 Å². The van der Waals surface area contributed by atoms with Gasteiger partial charge in [-0.1, -0.05) is 31.2 Å². The van der Waals surface area contributed by atoms with Gasteiger partial charge in [-0.3, -0.25) is 4.79 Å². The Balaban J connectivity index is 1.99. The van der Waals surface area contributed by atoms with Gasteiger partial charge in [0.05, 0.1) is 0 Å². The Morgan fingerprint density at radius 2 is 2.18 bits per heavy atom. The van der Waals surface area contributed by atoms with Crippen LogP contribution in [-0.4, -0.2) is 18.4 Å². The largest absolute Gasteiger partial charge is 0.314 e. The molecule has 2 heteroatoms. The van der Waals surface area contributed by atoms with Crippen LogP contribution in [-0.2, 0) is 0 Å². The van der Waals surface area contributed by atoms with E-state index in [9.17, 15) is 4.79 Å². The molecule has 1 aliphatic rings. The average molecular weight is 231 g/mol. The van der Waals surface area contributed by atoms with Crippen molar-refractivity contribution in [2.24, 2.45) is 5.92 Å². The van der Waals surface area contributed by atoms with Gasteiger partial charge in [-0.25, -0.2) is 0 Å². The van der Waals surface area contributed by atoms with E-state index in [1.807, 2.05) is 31.2 Å². The quantitative estimate of drug-likeness (QED) is 0.810. The molecule has 1 aromatic carbocycles. The minimum absolute atomic E-state index is 0.273. The molecule has 1 heterocycles. The zero-order valence-electron chi connectivity index (χ0n) is 10.7. The van der Waals surface area contributed by atoms with Crippen LogP contribution in [0, 0.1) is 12.8 Å². The SMILES string of the molecule is Cc1ccccc1C(=O)CC1CC(C)CCN1. The molecule has 1 fully saturated rings. The summed E-state index contributed by atoms with van der Waals surface area (Å²) in [5.74, 6) is 1.01. The van der Waals surface area contributed by atoms with Crippen LogP contribution in [0.2, 0.25) is 0 Å². The molecule has 1 aromatic rings. The zero-order chi connectivity index (χ0) is 12.3. The van der Waals surface area contributed by atoms with Crippen molar-refractivity contribution in [1.82, 2.24) is 5.32 Å². The highest BCUT2D eigenvalue weighted by atomic mass is 16.1. The fourth-order valence-corrected chi connectivity index (χ4v) is 2.60. The Bertz CT molecular complexity index is 400. The van der Waals surface area contributed by atoms with Crippen LogP contribution in [0.1, 0.15) is 42.1 Å². The molecule has 1 saturated heterocycles. The van der Waals surface area contributed by atoms with Crippen molar-refractivity contribution in [2.45, 2.75) is 39.2 Å². The summed E-state index contributed by atoms with van der Waals surface area (Å²) in [6.45, 7) is 5.32. The number of hydrogen-bond acceptors (Lipinski definition) is 2. The van der Waals surface area contributed by atoms with Crippen molar-refractivity contribution >= 4 is 5.78 Å². The number of nitrogens with one attached hydrogen (secondary N) is 1. The Morgan fingerprint density at radius 3 is 2.88 bits per heavy atom. The number of Topliss-reactive ketones (excluding diaryl/α,β-unsaturated/α-hetero) is 1. The molecule has 1 aliphatic heterocycles. The lowest BCUT2D eigenvalue weighted by Gasteiger charge is -2.27. The molecule has 0 bridgehead atoms.